The van der Waals surface area contributed by atoms with Crippen LogP contribution in [-0.4, -0.2) is 8.42 Å². The predicted octanol–water partition coefficient (Wildman–Crippen LogP) is 4.38. The molecule has 0 unspecified atom stereocenters. The molecule has 0 atom stereocenters. The first kappa shape index (κ1) is 15.2. The van der Waals surface area contributed by atoms with Gasteiger partial charge in [-0.15, -0.1) is 0 Å². The quantitative estimate of drug-likeness (QED) is 0.784. The maximum Gasteiger partial charge on any atom is 0.340 e. The Morgan fingerprint density at radius 1 is 1.00 bits per heavy atom. The second-order valence-electron chi connectivity index (χ2n) is 4.33. The van der Waals surface area contributed by atoms with Crippen LogP contribution in [0.5, 0.6) is 5.75 Å². The van der Waals surface area contributed by atoms with E-state index in [0.29, 0.717) is 5.75 Å². The van der Waals surface area contributed by atoms with Gasteiger partial charge >= 0.3 is 10.1 Å². The first-order valence-electron chi connectivity index (χ1n) is 5.77. The van der Waals surface area contributed by atoms with Gasteiger partial charge in [0, 0.05) is 5.02 Å². The van der Waals surface area contributed by atoms with Crippen LogP contribution in [0.4, 0.5) is 0 Å². The van der Waals surface area contributed by atoms with Crippen LogP contribution in [0.1, 0.15) is 11.1 Å². The minimum atomic E-state index is -4.03. The molecule has 106 valence electrons. The molecule has 0 spiro atoms. The fraction of sp³-hybridized carbons (Fsp3) is 0.143. The highest BCUT2D eigenvalue weighted by atomic mass is 35.5. The lowest BCUT2D eigenvalue weighted by atomic mass is 10.1. The van der Waals surface area contributed by atoms with Crippen molar-refractivity contribution in [2.24, 2.45) is 0 Å². The van der Waals surface area contributed by atoms with Crippen LogP contribution >= 0.6 is 23.2 Å². The van der Waals surface area contributed by atoms with Crippen LogP contribution in [0, 0.1) is 13.8 Å². The van der Waals surface area contributed by atoms with E-state index in [1.54, 1.807) is 26.0 Å². The van der Waals surface area contributed by atoms with Gasteiger partial charge in [-0.1, -0.05) is 41.4 Å². The van der Waals surface area contributed by atoms with Crippen LogP contribution in [0.3, 0.4) is 0 Å². The van der Waals surface area contributed by atoms with Crippen LogP contribution < -0.4 is 4.18 Å². The summed E-state index contributed by atoms with van der Waals surface area (Å²) in [6.45, 7) is 3.55. The minimum Gasteiger partial charge on any atom is -0.378 e. The second kappa shape index (κ2) is 5.64. The second-order valence-corrected chi connectivity index (χ2v) is 6.69. The minimum absolute atomic E-state index is 0.0700. The first-order chi connectivity index (χ1) is 9.31. The monoisotopic (exact) mass is 330 g/mol. The van der Waals surface area contributed by atoms with Crippen molar-refractivity contribution in [3.05, 3.63) is 57.6 Å². The standard InChI is InChI=1S/C14H12Cl2O3S/c1-9-4-3-5-10(2)14(9)19-20(17,18)13-8-11(15)6-7-12(13)16/h3-8H,1-2H3. The van der Waals surface area contributed by atoms with Gasteiger partial charge in [-0.05, 0) is 43.2 Å². The summed E-state index contributed by atoms with van der Waals surface area (Å²) in [4.78, 5) is -0.144. The summed E-state index contributed by atoms with van der Waals surface area (Å²) in [5.74, 6) is 0.309. The molecule has 0 N–H and O–H groups in total. The molecular formula is C14H12Cl2O3S. The highest BCUT2D eigenvalue weighted by Gasteiger charge is 2.22. The predicted molar refractivity (Wildman–Crippen MR) is 80.2 cm³/mol. The summed E-state index contributed by atoms with van der Waals surface area (Å²) in [5.41, 5.74) is 1.46. The summed E-state index contributed by atoms with van der Waals surface area (Å²) < 4.78 is 29.8. The molecule has 2 rings (SSSR count). The maximum absolute atomic E-state index is 12.3. The molecule has 6 heteroatoms. The molecular weight excluding hydrogens is 319 g/mol. The van der Waals surface area contributed by atoms with Gasteiger partial charge in [0.25, 0.3) is 0 Å². The average Bonchev–Trinajstić information content (AvgIpc) is 2.37. The molecule has 2 aromatic rings. The van der Waals surface area contributed by atoms with E-state index in [9.17, 15) is 8.42 Å². The molecule has 2 aromatic carbocycles. The van der Waals surface area contributed by atoms with Gasteiger partial charge < -0.3 is 4.18 Å². The molecule has 0 aliphatic heterocycles. The largest absolute Gasteiger partial charge is 0.378 e. The van der Waals surface area contributed by atoms with E-state index in [-0.39, 0.29) is 14.9 Å². The molecule has 0 aromatic heterocycles. The Morgan fingerprint density at radius 2 is 1.60 bits per heavy atom. The highest BCUT2D eigenvalue weighted by molar-refractivity contribution is 7.87. The molecule has 3 nitrogen and oxygen atoms in total. The number of benzene rings is 2. The third-order valence-electron chi connectivity index (χ3n) is 2.76. The summed E-state index contributed by atoms with van der Waals surface area (Å²) in [6.07, 6.45) is 0. The molecule has 0 bridgehead atoms. The third kappa shape index (κ3) is 3.08. The molecule has 0 fully saturated rings. The van der Waals surface area contributed by atoms with Crippen molar-refractivity contribution in [2.75, 3.05) is 0 Å². The van der Waals surface area contributed by atoms with E-state index in [2.05, 4.69) is 0 Å². The van der Waals surface area contributed by atoms with Crippen molar-refractivity contribution < 1.29 is 12.6 Å². The number of rotatable bonds is 3. The molecule has 0 saturated heterocycles. The van der Waals surface area contributed by atoms with Crippen molar-refractivity contribution >= 4 is 33.3 Å². The van der Waals surface area contributed by atoms with Crippen LogP contribution in [0.25, 0.3) is 0 Å². The normalized spacial score (nSPS) is 11.4. The Morgan fingerprint density at radius 3 is 2.20 bits per heavy atom. The van der Waals surface area contributed by atoms with E-state index < -0.39 is 10.1 Å². The Balaban J connectivity index is 2.49. The number of para-hydroxylation sites is 1. The number of aryl methyl sites for hydroxylation is 2. The molecule has 0 amide bonds. The summed E-state index contributed by atoms with van der Waals surface area (Å²) in [6, 6.07) is 9.59. The Hall–Kier alpha value is -1.23. The Labute approximate surface area is 128 Å². The third-order valence-corrected chi connectivity index (χ3v) is 4.70. The molecule has 20 heavy (non-hydrogen) atoms. The molecule has 0 aliphatic rings. The van der Waals surface area contributed by atoms with Gasteiger partial charge in [-0.2, -0.15) is 8.42 Å². The van der Waals surface area contributed by atoms with E-state index in [0.717, 1.165) is 11.1 Å². The van der Waals surface area contributed by atoms with Gasteiger partial charge in [0.05, 0.1) is 5.02 Å². The Bertz CT molecular complexity index is 735. The van der Waals surface area contributed by atoms with Crippen LogP contribution in [0.15, 0.2) is 41.3 Å². The van der Waals surface area contributed by atoms with Gasteiger partial charge in [-0.25, -0.2) is 0 Å². The van der Waals surface area contributed by atoms with E-state index in [1.165, 1.54) is 18.2 Å². The summed E-state index contributed by atoms with van der Waals surface area (Å²) in [5, 5.41) is 0.346. The zero-order chi connectivity index (χ0) is 14.9. The molecule has 0 radical (unpaired) electrons. The van der Waals surface area contributed by atoms with E-state index >= 15 is 0 Å². The van der Waals surface area contributed by atoms with Crippen molar-refractivity contribution in [1.29, 1.82) is 0 Å². The number of hydrogen-bond acceptors (Lipinski definition) is 3. The smallest absolute Gasteiger partial charge is 0.340 e. The molecule has 0 heterocycles. The van der Waals surface area contributed by atoms with Crippen molar-refractivity contribution in [2.45, 2.75) is 18.7 Å². The lowest BCUT2D eigenvalue weighted by molar-refractivity contribution is 0.482. The maximum atomic E-state index is 12.3. The summed E-state index contributed by atoms with van der Waals surface area (Å²) >= 11 is 11.7. The van der Waals surface area contributed by atoms with E-state index in [1.807, 2.05) is 6.07 Å². The van der Waals surface area contributed by atoms with Crippen molar-refractivity contribution in [3.8, 4) is 5.75 Å². The Kier molecular flexibility index (Phi) is 4.28. The first-order valence-corrected chi connectivity index (χ1v) is 7.93. The molecule has 0 saturated carbocycles. The summed E-state index contributed by atoms with van der Waals surface area (Å²) in [7, 11) is -4.03. The van der Waals surface area contributed by atoms with Crippen LogP contribution in [0.2, 0.25) is 10.0 Å². The topological polar surface area (TPSA) is 43.4 Å². The van der Waals surface area contributed by atoms with Gasteiger partial charge in [0.1, 0.15) is 10.6 Å². The SMILES string of the molecule is Cc1cccc(C)c1OS(=O)(=O)c1cc(Cl)ccc1Cl. The molecule has 0 aliphatic carbocycles. The lowest BCUT2D eigenvalue weighted by Gasteiger charge is -2.12. The highest BCUT2D eigenvalue weighted by Crippen LogP contribution is 2.30. The van der Waals surface area contributed by atoms with Crippen LogP contribution in [-0.2, 0) is 10.1 Å². The average molecular weight is 331 g/mol. The zero-order valence-corrected chi connectivity index (χ0v) is 13.2. The van der Waals surface area contributed by atoms with Gasteiger partial charge in [0.15, 0.2) is 0 Å². The van der Waals surface area contributed by atoms with Gasteiger partial charge in [0.2, 0.25) is 0 Å². The fourth-order valence-corrected chi connectivity index (χ4v) is 3.54. The number of hydrogen-bond donors (Lipinski definition) is 0. The van der Waals surface area contributed by atoms with Crippen molar-refractivity contribution in [1.82, 2.24) is 0 Å². The van der Waals surface area contributed by atoms with Crippen molar-refractivity contribution in [3.63, 3.8) is 0 Å². The number of halogens is 2. The lowest BCUT2D eigenvalue weighted by Crippen LogP contribution is -2.12. The zero-order valence-electron chi connectivity index (χ0n) is 10.9. The van der Waals surface area contributed by atoms with Gasteiger partial charge in [-0.3, -0.25) is 0 Å². The van der Waals surface area contributed by atoms with E-state index in [4.69, 9.17) is 27.4 Å². The fourth-order valence-electron chi connectivity index (χ4n) is 1.75.